The van der Waals surface area contributed by atoms with Crippen molar-refractivity contribution < 1.29 is 4.39 Å². The van der Waals surface area contributed by atoms with Gasteiger partial charge < -0.3 is 5.32 Å². The molecule has 0 saturated heterocycles. The maximum atomic E-state index is 13.3. The molecule has 0 aromatic heterocycles. The van der Waals surface area contributed by atoms with Crippen LogP contribution in [-0.4, -0.2) is 12.6 Å². The Morgan fingerprint density at radius 2 is 1.76 bits per heavy atom. The molecule has 0 fully saturated rings. The Kier molecular flexibility index (Phi) is 6.40. The molecule has 0 aliphatic carbocycles. The van der Waals surface area contributed by atoms with Crippen molar-refractivity contribution in [1.29, 1.82) is 0 Å². The zero-order chi connectivity index (χ0) is 15.1. The summed E-state index contributed by atoms with van der Waals surface area (Å²) in [4.78, 5) is 0. The highest BCUT2D eigenvalue weighted by atomic mass is 79.9. The Hall–Kier alpha value is -1.19. The highest BCUT2D eigenvalue weighted by Gasteiger charge is 2.11. The third kappa shape index (κ3) is 5.25. The van der Waals surface area contributed by atoms with Gasteiger partial charge in [-0.05, 0) is 65.0 Å². The van der Waals surface area contributed by atoms with E-state index in [4.69, 9.17) is 0 Å². The molecule has 0 amide bonds. The summed E-state index contributed by atoms with van der Waals surface area (Å²) in [5.41, 5.74) is 2.47. The Bertz CT molecular complexity index is 556. The fourth-order valence-electron chi connectivity index (χ4n) is 2.41. The molecule has 0 bridgehead atoms. The smallest absolute Gasteiger partial charge is 0.137 e. The first-order valence-electron chi connectivity index (χ1n) is 7.40. The van der Waals surface area contributed by atoms with Crippen molar-refractivity contribution in [2.75, 3.05) is 6.54 Å². The van der Waals surface area contributed by atoms with Crippen molar-refractivity contribution in [2.45, 2.75) is 32.2 Å². The summed E-state index contributed by atoms with van der Waals surface area (Å²) >= 11 is 3.26. The number of benzene rings is 2. The lowest BCUT2D eigenvalue weighted by Crippen LogP contribution is -2.33. The van der Waals surface area contributed by atoms with Crippen LogP contribution in [0.15, 0.2) is 53.0 Å². The molecule has 0 radical (unpaired) electrons. The molecule has 1 nitrogen and oxygen atoms in total. The SMILES string of the molecule is CCCNC(Cc1ccccc1)Cc1ccc(F)c(Br)c1. The van der Waals surface area contributed by atoms with Crippen LogP contribution in [0.4, 0.5) is 4.39 Å². The van der Waals surface area contributed by atoms with E-state index in [1.165, 1.54) is 11.6 Å². The topological polar surface area (TPSA) is 12.0 Å². The Morgan fingerprint density at radius 3 is 2.43 bits per heavy atom. The van der Waals surface area contributed by atoms with Crippen molar-refractivity contribution in [2.24, 2.45) is 0 Å². The summed E-state index contributed by atoms with van der Waals surface area (Å²) in [7, 11) is 0. The van der Waals surface area contributed by atoms with Gasteiger partial charge in [0.05, 0.1) is 4.47 Å². The minimum Gasteiger partial charge on any atom is -0.313 e. The molecule has 0 saturated carbocycles. The van der Waals surface area contributed by atoms with E-state index in [-0.39, 0.29) is 5.82 Å². The summed E-state index contributed by atoms with van der Waals surface area (Å²) in [6.45, 7) is 3.17. The molecule has 2 aromatic rings. The molecule has 0 heterocycles. The monoisotopic (exact) mass is 349 g/mol. The van der Waals surface area contributed by atoms with Gasteiger partial charge >= 0.3 is 0 Å². The average molecular weight is 350 g/mol. The largest absolute Gasteiger partial charge is 0.313 e. The predicted molar refractivity (Wildman–Crippen MR) is 90.0 cm³/mol. The zero-order valence-electron chi connectivity index (χ0n) is 12.3. The van der Waals surface area contributed by atoms with Crippen molar-refractivity contribution in [3.05, 3.63) is 69.9 Å². The molecule has 2 aromatic carbocycles. The van der Waals surface area contributed by atoms with Gasteiger partial charge in [-0.3, -0.25) is 0 Å². The van der Waals surface area contributed by atoms with E-state index < -0.39 is 0 Å². The molecule has 0 aliphatic rings. The van der Waals surface area contributed by atoms with Gasteiger partial charge in [0.2, 0.25) is 0 Å². The normalized spacial score (nSPS) is 12.3. The third-order valence-corrected chi connectivity index (χ3v) is 4.08. The molecule has 2 rings (SSSR count). The summed E-state index contributed by atoms with van der Waals surface area (Å²) in [5.74, 6) is -0.208. The van der Waals surface area contributed by atoms with Crippen LogP contribution >= 0.6 is 15.9 Å². The Balaban J connectivity index is 2.06. The number of rotatable bonds is 7. The third-order valence-electron chi connectivity index (χ3n) is 3.47. The minimum atomic E-state index is -0.208. The van der Waals surface area contributed by atoms with E-state index in [0.717, 1.165) is 31.4 Å². The summed E-state index contributed by atoms with van der Waals surface area (Å²) in [5, 5.41) is 3.59. The van der Waals surface area contributed by atoms with Crippen LogP contribution in [0.5, 0.6) is 0 Å². The maximum Gasteiger partial charge on any atom is 0.137 e. The van der Waals surface area contributed by atoms with Gasteiger partial charge in [0.15, 0.2) is 0 Å². The molecule has 1 atom stereocenters. The van der Waals surface area contributed by atoms with Gasteiger partial charge in [-0.1, -0.05) is 43.3 Å². The van der Waals surface area contributed by atoms with E-state index in [1.54, 1.807) is 0 Å². The van der Waals surface area contributed by atoms with Gasteiger partial charge in [-0.15, -0.1) is 0 Å². The molecular weight excluding hydrogens is 329 g/mol. The summed E-state index contributed by atoms with van der Waals surface area (Å²) < 4.78 is 13.9. The molecule has 1 N–H and O–H groups in total. The molecule has 1 unspecified atom stereocenters. The number of halogens is 2. The van der Waals surface area contributed by atoms with Crippen LogP contribution in [0.1, 0.15) is 24.5 Å². The number of hydrogen-bond acceptors (Lipinski definition) is 1. The second kappa shape index (κ2) is 8.30. The first-order valence-corrected chi connectivity index (χ1v) is 8.19. The fourth-order valence-corrected chi connectivity index (χ4v) is 2.84. The van der Waals surface area contributed by atoms with Crippen molar-refractivity contribution in [1.82, 2.24) is 5.32 Å². The van der Waals surface area contributed by atoms with Gasteiger partial charge in [-0.2, -0.15) is 0 Å². The van der Waals surface area contributed by atoms with E-state index in [0.29, 0.717) is 10.5 Å². The van der Waals surface area contributed by atoms with Crippen molar-refractivity contribution in [3.8, 4) is 0 Å². The fraction of sp³-hybridized carbons (Fsp3) is 0.333. The van der Waals surface area contributed by atoms with Crippen LogP contribution in [0.2, 0.25) is 0 Å². The Labute approximate surface area is 134 Å². The second-order valence-corrected chi connectivity index (χ2v) is 6.15. The van der Waals surface area contributed by atoms with Gasteiger partial charge in [0.25, 0.3) is 0 Å². The molecular formula is C18H21BrFN. The maximum absolute atomic E-state index is 13.3. The first-order chi connectivity index (χ1) is 10.2. The predicted octanol–water partition coefficient (Wildman–Crippen LogP) is 4.74. The molecule has 0 aliphatic heterocycles. The van der Waals surface area contributed by atoms with Crippen LogP contribution in [0.25, 0.3) is 0 Å². The second-order valence-electron chi connectivity index (χ2n) is 5.29. The highest BCUT2D eigenvalue weighted by Crippen LogP contribution is 2.18. The zero-order valence-corrected chi connectivity index (χ0v) is 13.9. The lowest BCUT2D eigenvalue weighted by atomic mass is 9.99. The first kappa shape index (κ1) is 16.2. The lowest BCUT2D eigenvalue weighted by Gasteiger charge is -2.19. The number of nitrogens with one attached hydrogen (secondary N) is 1. The average Bonchev–Trinajstić information content (AvgIpc) is 2.49. The van der Waals surface area contributed by atoms with Crippen LogP contribution in [0, 0.1) is 5.82 Å². The van der Waals surface area contributed by atoms with Crippen LogP contribution in [-0.2, 0) is 12.8 Å². The van der Waals surface area contributed by atoms with Crippen molar-refractivity contribution >= 4 is 15.9 Å². The number of hydrogen-bond donors (Lipinski definition) is 1. The Morgan fingerprint density at radius 1 is 1.05 bits per heavy atom. The van der Waals surface area contributed by atoms with E-state index in [2.05, 4.69) is 52.4 Å². The van der Waals surface area contributed by atoms with E-state index >= 15 is 0 Å². The lowest BCUT2D eigenvalue weighted by molar-refractivity contribution is 0.504. The molecule has 21 heavy (non-hydrogen) atoms. The van der Waals surface area contributed by atoms with Crippen molar-refractivity contribution in [3.63, 3.8) is 0 Å². The minimum absolute atomic E-state index is 0.208. The van der Waals surface area contributed by atoms with Crippen LogP contribution in [0.3, 0.4) is 0 Å². The van der Waals surface area contributed by atoms with Crippen LogP contribution < -0.4 is 5.32 Å². The van der Waals surface area contributed by atoms with E-state index in [1.807, 2.05) is 18.2 Å². The molecule has 0 spiro atoms. The van der Waals surface area contributed by atoms with Gasteiger partial charge in [0, 0.05) is 6.04 Å². The molecule has 3 heteroatoms. The van der Waals surface area contributed by atoms with Gasteiger partial charge in [0.1, 0.15) is 5.82 Å². The quantitative estimate of drug-likeness (QED) is 0.760. The standard InChI is InChI=1S/C18H21BrFN/c1-2-10-21-16(11-14-6-4-3-5-7-14)12-15-8-9-18(20)17(19)13-15/h3-9,13,16,21H,2,10-12H2,1H3. The molecule has 112 valence electrons. The highest BCUT2D eigenvalue weighted by molar-refractivity contribution is 9.10. The van der Waals surface area contributed by atoms with E-state index in [9.17, 15) is 4.39 Å². The summed E-state index contributed by atoms with van der Waals surface area (Å²) in [6.07, 6.45) is 2.99. The van der Waals surface area contributed by atoms with Gasteiger partial charge in [-0.25, -0.2) is 4.39 Å². The summed E-state index contributed by atoms with van der Waals surface area (Å²) in [6, 6.07) is 16.1.